The Labute approximate surface area is 134 Å². The van der Waals surface area contributed by atoms with Crippen molar-refractivity contribution in [3.05, 3.63) is 55.7 Å². The average Bonchev–Trinajstić information content (AvgIpc) is 2.79. The molecule has 2 rings (SSSR count). The fourth-order valence-electron chi connectivity index (χ4n) is 2.47. The van der Waals surface area contributed by atoms with Crippen LogP contribution in [0.3, 0.4) is 0 Å². The van der Waals surface area contributed by atoms with Crippen molar-refractivity contribution in [2.75, 3.05) is 6.54 Å². The summed E-state index contributed by atoms with van der Waals surface area (Å²) in [7, 11) is 0. The van der Waals surface area contributed by atoms with E-state index in [-0.39, 0.29) is 0 Å². The normalized spacial score (nSPS) is 12.6. The molecule has 0 saturated heterocycles. The van der Waals surface area contributed by atoms with E-state index in [2.05, 4.69) is 72.3 Å². The van der Waals surface area contributed by atoms with Crippen molar-refractivity contribution in [3.63, 3.8) is 0 Å². The molecule has 0 aliphatic heterocycles. The van der Waals surface area contributed by atoms with Crippen molar-refractivity contribution in [3.8, 4) is 0 Å². The standard InChI is InChI=1S/C17H22BrNS/c1-4-10-19-16(17-15(18)11-12(3)20-17)14-9-7-6-8-13(14)5-2/h6-9,11,16,19H,4-5,10H2,1-3H3. The highest BCUT2D eigenvalue weighted by Gasteiger charge is 2.20. The Bertz CT molecular complexity index is 562. The second kappa shape index (κ2) is 7.39. The highest BCUT2D eigenvalue weighted by Crippen LogP contribution is 2.36. The van der Waals surface area contributed by atoms with Crippen LogP contribution in [0.5, 0.6) is 0 Å². The predicted octanol–water partition coefficient (Wildman–Crippen LogP) is 5.47. The van der Waals surface area contributed by atoms with E-state index < -0.39 is 0 Å². The van der Waals surface area contributed by atoms with E-state index in [9.17, 15) is 0 Å². The number of halogens is 1. The molecule has 1 atom stereocenters. The van der Waals surface area contributed by atoms with Gasteiger partial charge >= 0.3 is 0 Å². The Morgan fingerprint density at radius 3 is 2.60 bits per heavy atom. The van der Waals surface area contributed by atoms with Gasteiger partial charge in [-0.1, -0.05) is 38.1 Å². The first-order valence-corrected chi connectivity index (χ1v) is 8.85. The zero-order valence-corrected chi connectivity index (χ0v) is 14.8. The lowest BCUT2D eigenvalue weighted by Crippen LogP contribution is -2.23. The molecule has 0 radical (unpaired) electrons. The van der Waals surface area contributed by atoms with Gasteiger partial charge < -0.3 is 5.32 Å². The van der Waals surface area contributed by atoms with E-state index in [0.717, 1.165) is 19.4 Å². The van der Waals surface area contributed by atoms with Crippen molar-refractivity contribution >= 4 is 27.3 Å². The van der Waals surface area contributed by atoms with Gasteiger partial charge in [-0.05, 0) is 59.4 Å². The quantitative estimate of drug-likeness (QED) is 0.727. The van der Waals surface area contributed by atoms with Crippen molar-refractivity contribution in [1.29, 1.82) is 0 Å². The first-order chi connectivity index (χ1) is 9.67. The monoisotopic (exact) mass is 351 g/mol. The van der Waals surface area contributed by atoms with E-state index in [0.29, 0.717) is 6.04 Å². The highest BCUT2D eigenvalue weighted by atomic mass is 79.9. The SMILES string of the molecule is CCCNC(c1ccccc1CC)c1sc(C)cc1Br. The minimum absolute atomic E-state index is 0.291. The summed E-state index contributed by atoms with van der Waals surface area (Å²) in [5.74, 6) is 0. The van der Waals surface area contributed by atoms with Gasteiger partial charge in [0.15, 0.2) is 0 Å². The number of hydrogen-bond donors (Lipinski definition) is 1. The highest BCUT2D eigenvalue weighted by molar-refractivity contribution is 9.10. The van der Waals surface area contributed by atoms with Crippen molar-refractivity contribution < 1.29 is 0 Å². The van der Waals surface area contributed by atoms with Crippen LogP contribution >= 0.6 is 27.3 Å². The van der Waals surface area contributed by atoms with Crippen LogP contribution in [0.1, 0.15) is 47.2 Å². The molecule has 0 spiro atoms. The van der Waals surface area contributed by atoms with Gasteiger partial charge in [0.1, 0.15) is 0 Å². The van der Waals surface area contributed by atoms with Crippen LogP contribution < -0.4 is 5.32 Å². The van der Waals surface area contributed by atoms with Crippen LogP contribution in [0.4, 0.5) is 0 Å². The molecule has 1 N–H and O–H groups in total. The van der Waals surface area contributed by atoms with Gasteiger partial charge in [-0.25, -0.2) is 0 Å². The Hall–Kier alpha value is -0.640. The second-order valence-corrected chi connectivity index (χ2v) is 7.15. The number of thiophene rings is 1. The molecule has 0 saturated carbocycles. The number of benzene rings is 1. The van der Waals surface area contributed by atoms with E-state index in [4.69, 9.17) is 0 Å². The van der Waals surface area contributed by atoms with E-state index in [1.807, 2.05) is 11.3 Å². The molecule has 1 aromatic heterocycles. The van der Waals surface area contributed by atoms with Gasteiger partial charge in [0.25, 0.3) is 0 Å². The van der Waals surface area contributed by atoms with Gasteiger partial charge in [0.05, 0.1) is 6.04 Å². The maximum absolute atomic E-state index is 3.72. The molecular weight excluding hydrogens is 330 g/mol. The van der Waals surface area contributed by atoms with Gasteiger partial charge in [-0.3, -0.25) is 0 Å². The van der Waals surface area contributed by atoms with Crippen LogP contribution in [0.15, 0.2) is 34.8 Å². The van der Waals surface area contributed by atoms with Gasteiger partial charge in [-0.2, -0.15) is 0 Å². The lowest BCUT2D eigenvalue weighted by molar-refractivity contribution is 0.600. The van der Waals surface area contributed by atoms with Gasteiger partial charge in [-0.15, -0.1) is 11.3 Å². The summed E-state index contributed by atoms with van der Waals surface area (Å²) in [5.41, 5.74) is 2.84. The third-order valence-corrected chi connectivity index (χ3v) is 5.48. The molecule has 1 heterocycles. The smallest absolute Gasteiger partial charge is 0.0685 e. The average molecular weight is 352 g/mol. The maximum atomic E-state index is 3.72. The summed E-state index contributed by atoms with van der Waals surface area (Å²) in [4.78, 5) is 2.74. The van der Waals surface area contributed by atoms with Crippen molar-refractivity contribution in [2.45, 2.75) is 39.7 Å². The van der Waals surface area contributed by atoms with Crippen LogP contribution in [0.25, 0.3) is 0 Å². The molecule has 2 aromatic rings. The molecular formula is C17H22BrNS. The van der Waals surface area contributed by atoms with Crippen LogP contribution in [-0.4, -0.2) is 6.54 Å². The number of rotatable bonds is 6. The van der Waals surface area contributed by atoms with E-state index >= 15 is 0 Å². The van der Waals surface area contributed by atoms with Crippen LogP contribution in [0.2, 0.25) is 0 Å². The molecule has 0 fully saturated rings. The topological polar surface area (TPSA) is 12.0 Å². The number of hydrogen-bond acceptors (Lipinski definition) is 2. The summed E-state index contributed by atoms with van der Waals surface area (Å²) in [6.45, 7) is 7.64. The van der Waals surface area contributed by atoms with Crippen LogP contribution in [0, 0.1) is 6.92 Å². The zero-order chi connectivity index (χ0) is 14.5. The summed E-state index contributed by atoms with van der Waals surface area (Å²) in [6, 6.07) is 11.3. The molecule has 1 aromatic carbocycles. The minimum Gasteiger partial charge on any atom is -0.306 e. The van der Waals surface area contributed by atoms with E-state index in [1.165, 1.54) is 25.4 Å². The Balaban J connectivity index is 2.44. The molecule has 20 heavy (non-hydrogen) atoms. The zero-order valence-electron chi connectivity index (χ0n) is 12.4. The first kappa shape index (κ1) is 15.7. The molecule has 108 valence electrons. The summed E-state index contributed by atoms with van der Waals surface area (Å²) >= 11 is 5.60. The fraction of sp³-hybridized carbons (Fsp3) is 0.412. The lowest BCUT2D eigenvalue weighted by atomic mass is 9.97. The predicted molar refractivity (Wildman–Crippen MR) is 92.7 cm³/mol. The number of nitrogens with one attached hydrogen (secondary N) is 1. The largest absolute Gasteiger partial charge is 0.306 e. The van der Waals surface area contributed by atoms with Gasteiger partial charge in [0, 0.05) is 14.2 Å². The summed E-state index contributed by atoms with van der Waals surface area (Å²) in [5, 5.41) is 3.71. The Morgan fingerprint density at radius 1 is 1.25 bits per heavy atom. The maximum Gasteiger partial charge on any atom is 0.0685 e. The first-order valence-electron chi connectivity index (χ1n) is 7.24. The van der Waals surface area contributed by atoms with Crippen molar-refractivity contribution in [1.82, 2.24) is 5.32 Å². The second-order valence-electron chi connectivity index (χ2n) is 5.01. The van der Waals surface area contributed by atoms with Crippen molar-refractivity contribution in [2.24, 2.45) is 0 Å². The molecule has 1 unspecified atom stereocenters. The third kappa shape index (κ3) is 3.51. The van der Waals surface area contributed by atoms with Crippen LogP contribution in [-0.2, 0) is 6.42 Å². The molecule has 0 bridgehead atoms. The molecule has 1 nitrogen and oxygen atoms in total. The minimum atomic E-state index is 0.291. The van der Waals surface area contributed by atoms with Gasteiger partial charge in [0.2, 0.25) is 0 Å². The third-order valence-electron chi connectivity index (χ3n) is 3.44. The van der Waals surface area contributed by atoms with E-state index in [1.54, 1.807) is 0 Å². The molecule has 0 aliphatic carbocycles. The molecule has 3 heteroatoms. The molecule has 0 aliphatic rings. The fourth-order valence-corrected chi connectivity index (χ4v) is 4.44. The Kier molecular flexibility index (Phi) is 5.82. The Morgan fingerprint density at radius 2 is 2.00 bits per heavy atom. The summed E-state index contributed by atoms with van der Waals surface area (Å²) in [6.07, 6.45) is 2.22. The summed E-state index contributed by atoms with van der Waals surface area (Å²) < 4.78 is 1.22. The molecule has 0 amide bonds. The number of aryl methyl sites for hydroxylation is 2. The lowest BCUT2D eigenvalue weighted by Gasteiger charge is -2.21.